The van der Waals surface area contributed by atoms with Crippen LogP contribution in [0.25, 0.3) is 0 Å². The number of aryl methyl sites for hydroxylation is 1. The summed E-state index contributed by atoms with van der Waals surface area (Å²) in [5, 5.41) is 33.2. The van der Waals surface area contributed by atoms with Crippen molar-refractivity contribution in [3.63, 3.8) is 0 Å². The molecule has 3 aromatic carbocycles. The second-order valence-electron chi connectivity index (χ2n) is 9.63. The van der Waals surface area contributed by atoms with Crippen molar-refractivity contribution in [2.24, 2.45) is 5.73 Å². The highest BCUT2D eigenvalue weighted by Crippen LogP contribution is 2.26. The zero-order valence-corrected chi connectivity index (χ0v) is 20.0. The van der Waals surface area contributed by atoms with Crippen LogP contribution in [0.2, 0.25) is 0 Å². The van der Waals surface area contributed by atoms with Crippen LogP contribution in [0.15, 0.2) is 66.7 Å². The maximum atomic E-state index is 12.3. The highest BCUT2D eigenvalue weighted by Gasteiger charge is 2.23. The van der Waals surface area contributed by atoms with Gasteiger partial charge < -0.3 is 26.4 Å². The van der Waals surface area contributed by atoms with Crippen LogP contribution in [0.3, 0.4) is 0 Å². The Balaban J connectivity index is 1.68. The van der Waals surface area contributed by atoms with Crippen molar-refractivity contribution in [2.75, 3.05) is 6.54 Å². The second kappa shape index (κ2) is 10.7. The van der Waals surface area contributed by atoms with Crippen molar-refractivity contribution in [3.8, 4) is 11.5 Å². The molecule has 6 N–H and O–H groups in total. The number of benzene rings is 3. The maximum absolute atomic E-state index is 12.3. The van der Waals surface area contributed by atoms with E-state index in [1.807, 2.05) is 69.3 Å². The van der Waals surface area contributed by atoms with Crippen molar-refractivity contribution in [1.82, 2.24) is 5.32 Å². The first-order valence-corrected chi connectivity index (χ1v) is 11.4. The van der Waals surface area contributed by atoms with Crippen molar-refractivity contribution in [2.45, 2.75) is 51.2 Å². The minimum atomic E-state index is -0.891. The van der Waals surface area contributed by atoms with Gasteiger partial charge in [-0.1, -0.05) is 54.1 Å². The lowest BCUT2D eigenvalue weighted by molar-refractivity contribution is -0.119. The Morgan fingerprint density at radius 3 is 2.21 bits per heavy atom. The zero-order chi connectivity index (χ0) is 24.9. The van der Waals surface area contributed by atoms with Crippen molar-refractivity contribution in [1.29, 1.82) is 0 Å². The van der Waals surface area contributed by atoms with Gasteiger partial charge in [0.05, 0.1) is 12.0 Å². The molecule has 6 nitrogen and oxygen atoms in total. The standard InChI is InChI=1S/C28H34N2O4/c1-18-7-9-19(10-8-18)12-25(27(29)34)21-6-4-5-20(11-21)16-28(2,3)30-17-26(33)22-13-23(31)15-24(32)14-22/h4-11,13-15,25-26,30-33H,12,16-17H2,1-3H3,(H2,29,34). The summed E-state index contributed by atoms with van der Waals surface area (Å²) in [6, 6.07) is 20.1. The third-order valence-corrected chi connectivity index (χ3v) is 5.99. The van der Waals surface area contributed by atoms with Gasteiger partial charge in [-0.2, -0.15) is 0 Å². The molecule has 0 aliphatic carbocycles. The molecule has 0 bridgehead atoms. The van der Waals surface area contributed by atoms with Crippen LogP contribution in [-0.2, 0) is 17.6 Å². The number of carbonyl (C=O) groups excluding carboxylic acids is 1. The fourth-order valence-corrected chi connectivity index (χ4v) is 4.14. The van der Waals surface area contributed by atoms with Crippen LogP contribution in [-0.4, -0.2) is 33.3 Å². The fraction of sp³-hybridized carbons (Fsp3) is 0.321. The van der Waals surface area contributed by atoms with Crippen LogP contribution in [0, 0.1) is 6.92 Å². The number of hydrogen-bond donors (Lipinski definition) is 5. The number of hydrogen-bond acceptors (Lipinski definition) is 5. The molecule has 2 atom stereocenters. The van der Waals surface area contributed by atoms with Gasteiger partial charge in [0.2, 0.25) is 5.91 Å². The van der Waals surface area contributed by atoms with Crippen molar-refractivity contribution < 1.29 is 20.1 Å². The molecule has 0 aliphatic heterocycles. The number of nitrogens with one attached hydrogen (secondary N) is 1. The molecule has 2 unspecified atom stereocenters. The number of aromatic hydroxyl groups is 2. The lowest BCUT2D eigenvalue weighted by atomic mass is 9.87. The predicted octanol–water partition coefficient (Wildman–Crippen LogP) is 3.86. The third kappa shape index (κ3) is 7.07. The highest BCUT2D eigenvalue weighted by atomic mass is 16.3. The van der Waals surface area contributed by atoms with Gasteiger partial charge in [0.1, 0.15) is 11.5 Å². The van der Waals surface area contributed by atoms with E-state index >= 15 is 0 Å². The summed E-state index contributed by atoms with van der Waals surface area (Å²) in [6.07, 6.45) is 0.316. The SMILES string of the molecule is Cc1ccc(CC(C(N)=O)c2cccc(CC(C)(C)NCC(O)c3cc(O)cc(O)c3)c2)cc1. The van der Waals surface area contributed by atoms with Crippen molar-refractivity contribution >= 4 is 5.91 Å². The molecular weight excluding hydrogens is 428 g/mol. The van der Waals surface area contributed by atoms with Gasteiger partial charge in [-0.15, -0.1) is 0 Å². The molecular formula is C28H34N2O4. The Bertz CT molecular complexity index is 1110. The van der Waals surface area contributed by atoms with Crippen LogP contribution < -0.4 is 11.1 Å². The average Bonchev–Trinajstić information content (AvgIpc) is 2.76. The van der Waals surface area contributed by atoms with Crippen LogP contribution in [0.4, 0.5) is 0 Å². The van der Waals surface area contributed by atoms with Gasteiger partial charge in [0.15, 0.2) is 0 Å². The summed E-state index contributed by atoms with van der Waals surface area (Å²) in [4.78, 5) is 12.3. The third-order valence-electron chi connectivity index (χ3n) is 5.99. The Morgan fingerprint density at radius 2 is 1.59 bits per heavy atom. The maximum Gasteiger partial charge on any atom is 0.225 e. The molecule has 0 aromatic heterocycles. The lowest BCUT2D eigenvalue weighted by Gasteiger charge is -2.28. The van der Waals surface area contributed by atoms with E-state index in [-0.39, 0.29) is 29.5 Å². The van der Waals surface area contributed by atoms with Gasteiger partial charge in [-0.3, -0.25) is 4.79 Å². The first kappa shape index (κ1) is 25.3. The summed E-state index contributed by atoms with van der Waals surface area (Å²) in [5.74, 6) is -0.967. The first-order valence-electron chi connectivity index (χ1n) is 11.4. The molecule has 0 spiro atoms. The molecule has 0 fully saturated rings. The van der Waals surface area contributed by atoms with Crippen LogP contribution in [0.1, 0.15) is 53.7 Å². The average molecular weight is 463 g/mol. The molecule has 1 amide bonds. The van der Waals surface area contributed by atoms with Gasteiger partial charge in [-0.05, 0) is 68.0 Å². The van der Waals surface area contributed by atoms with Crippen molar-refractivity contribution in [3.05, 3.63) is 94.5 Å². The Hall–Kier alpha value is -3.35. The molecule has 0 saturated heterocycles. The number of aliphatic hydroxyl groups excluding tert-OH is 1. The van der Waals surface area contributed by atoms with Crippen LogP contribution >= 0.6 is 0 Å². The molecule has 180 valence electrons. The number of primary amides is 1. The molecule has 0 radical (unpaired) electrons. The van der Waals surface area contributed by atoms with E-state index in [1.165, 1.54) is 23.8 Å². The minimum absolute atomic E-state index is 0.0974. The molecule has 3 rings (SSSR count). The summed E-state index contributed by atoms with van der Waals surface area (Å²) < 4.78 is 0. The predicted molar refractivity (Wildman–Crippen MR) is 134 cm³/mol. The molecule has 3 aromatic rings. The summed E-state index contributed by atoms with van der Waals surface area (Å²) in [6.45, 7) is 6.34. The Morgan fingerprint density at radius 1 is 0.941 bits per heavy atom. The van der Waals surface area contributed by atoms with E-state index in [0.717, 1.165) is 16.7 Å². The number of rotatable bonds is 10. The quantitative estimate of drug-likeness (QED) is 0.314. The molecule has 0 aliphatic rings. The number of amides is 1. The van der Waals surface area contributed by atoms with Gasteiger partial charge >= 0.3 is 0 Å². The van der Waals surface area contributed by atoms with Gasteiger partial charge in [0.25, 0.3) is 0 Å². The van der Waals surface area contributed by atoms with E-state index < -0.39 is 12.0 Å². The normalized spacial score (nSPS) is 13.4. The highest BCUT2D eigenvalue weighted by molar-refractivity contribution is 5.82. The Kier molecular flexibility index (Phi) is 7.97. The molecule has 0 heterocycles. The number of phenolic OH excluding ortho intramolecular Hbond substituents is 2. The number of carbonyl (C=O) groups is 1. The summed E-state index contributed by atoms with van der Waals surface area (Å²) in [7, 11) is 0. The molecule has 34 heavy (non-hydrogen) atoms. The summed E-state index contributed by atoms with van der Waals surface area (Å²) in [5.41, 5.74) is 10.0. The van der Waals surface area contributed by atoms with E-state index in [2.05, 4.69) is 5.32 Å². The first-order chi connectivity index (χ1) is 16.0. The molecule has 0 saturated carbocycles. The van der Waals surface area contributed by atoms with Gasteiger partial charge in [0, 0.05) is 18.2 Å². The van der Waals surface area contributed by atoms with E-state index in [0.29, 0.717) is 18.4 Å². The largest absolute Gasteiger partial charge is 0.508 e. The number of phenols is 2. The fourth-order valence-electron chi connectivity index (χ4n) is 4.14. The topological polar surface area (TPSA) is 116 Å². The van der Waals surface area contributed by atoms with Crippen LogP contribution in [0.5, 0.6) is 11.5 Å². The number of β-amino-alcohol motifs (C(OH)–C–C–N with tert-alkyl or cyclic N) is 1. The number of nitrogens with two attached hydrogens (primary N) is 1. The lowest BCUT2D eigenvalue weighted by Crippen LogP contribution is -2.43. The van der Waals surface area contributed by atoms with E-state index in [4.69, 9.17) is 5.73 Å². The second-order valence-corrected chi connectivity index (χ2v) is 9.63. The monoisotopic (exact) mass is 462 g/mol. The summed E-state index contributed by atoms with van der Waals surface area (Å²) >= 11 is 0. The van der Waals surface area contributed by atoms with Gasteiger partial charge in [-0.25, -0.2) is 0 Å². The molecule has 6 heteroatoms. The Labute approximate surface area is 201 Å². The smallest absolute Gasteiger partial charge is 0.225 e. The van der Waals surface area contributed by atoms with E-state index in [9.17, 15) is 20.1 Å². The zero-order valence-electron chi connectivity index (χ0n) is 20.0. The van der Waals surface area contributed by atoms with E-state index in [1.54, 1.807) is 0 Å². The number of aliphatic hydroxyl groups is 1. The minimum Gasteiger partial charge on any atom is -0.508 e.